The van der Waals surface area contributed by atoms with Crippen molar-refractivity contribution in [1.29, 1.82) is 0 Å². The van der Waals surface area contributed by atoms with Gasteiger partial charge >= 0.3 is 0 Å². The van der Waals surface area contributed by atoms with Crippen LogP contribution in [0.3, 0.4) is 0 Å². The van der Waals surface area contributed by atoms with Gasteiger partial charge in [0.1, 0.15) is 0 Å². The van der Waals surface area contributed by atoms with Crippen molar-refractivity contribution in [3.8, 4) is 0 Å². The van der Waals surface area contributed by atoms with Crippen LogP contribution in [0.4, 0.5) is 0 Å². The average molecular weight is 667 g/mol. The van der Waals surface area contributed by atoms with Crippen LogP contribution in [0.2, 0.25) is 0 Å². The van der Waals surface area contributed by atoms with Crippen LogP contribution in [-0.2, 0) is 0 Å². The van der Waals surface area contributed by atoms with E-state index in [1.165, 1.54) is 154 Å². The second kappa shape index (κ2) is 34.4. The second-order valence-electron chi connectivity index (χ2n) is 12.7. The minimum Gasteiger partial charge on any atom is -1.00 e. The minimum atomic E-state index is -0.737. The molecule has 38 heavy (non-hydrogen) atoms. The maximum atomic E-state index is 2.35. The molecule has 0 aromatic heterocycles. The summed E-state index contributed by atoms with van der Waals surface area (Å²) >= 11 is 0. The van der Waals surface area contributed by atoms with E-state index >= 15 is 0 Å². The minimum absolute atomic E-state index is 0. The number of hydrogen-bond acceptors (Lipinski definition) is 0. The standard InChI is InChI=1S/C36H76P.HI/c1-5-9-13-17-21-22-23-24-28-32-36-37(33-29-25-18-14-10-6-2,34-30-26-19-15-11-7-3)35-31-27-20-16-12-8-4;/h5-36H2,1-4H3;1H/q+1;/p-1. The molecule has 0 rings (SSSR count). The second-order valence-corrected chi connectivity index (χ2v) is 17.2. The van der Waals surface area contributed by atoms with Crippen LogP contribution < -0.4 is 24.0 Å². The molecule has 0 heterocycles. The normalized spacial score (nSPS) is 11.7. The van der Waals surface area contributed by atoms with Gasteiger partial charge in [0.05, 0.1) is 24.6 Å². The third-order valence-corrected chi connectivity index (χ3v) is 14.0. The molecule has 232 valence electrons. The molecule has 0 aliphatic heterocycles. The zero-order valence-corrected chi connectivity index (χ0v) is 30.5. The van der Waals surface area contributed by atoms with Crippen molar-refractivity contribution in [2.45, 2.75) is 207 Å². The number of rotatable bonds is 32. The molecule has 0 aliphatic rings. The maximum Gasteiger partial charge on any atom is 0.0594 e. The van der Waals surface area contributed by atoms with Crippen molar-refractivity contribution in [3.05, 3.63) is 0 Å². The van der Waals surface area contributed by atoms with Gasteiger partial charge in [-0.05, 0) is 51.4 Å². The van der Waals surface area contributed by atoms with E-state index in [2.05, 4.69) is 27.7 Å². The lowest BCUT2D eigenvalue weighted by Gasteiger charge is -2.28. The molecule has 0 aliphatic carbocycles. The van der Waals surface area contributed by atoms with E-state index in [1.54, 1.807) is 50.3 Å². The Morgan fingerprint density at radius 1 is 0.237 bits per heavy atom. The van der Waals surface area contributed by atoms with E-state index in [9.17, 15) is 0 Å². The zero-order valence-electron chi connectivity index (χ0n) is 27.5. The Morgan fingerprint density at radius 3 is 0.579 bits per heavy atom. The van der Waals surface area contributed by atoms with Gasteiger partial charge in [0.15, 0.2) is 0 Å². The van der Waals surface area contributed by atoms with E-state index in [0.717, 1.165) is 0 Å². The van der Waals surface area contributed by atoms with Crippen LogP contribution in [0.5, 0.6) is 0 Å². The fourth-order valence-electron chi connectivity index (χ4n) is 6.29. The van der Waals surface area contributed by atoms with Crippen molar-refractivity contribution in [2.75, 3.05) is 24.6 Å². The zero-order chi connectivity index (χ0) is 27.1. The highest BCUT2D eigenvalue weighted by molar-refractivity contribution is 7.75. The fourth-order valence-corrected chi connectivity index (χ4v) is 11.2. The summed E-state index contributed by atoms with van der Waals surface area (Å²) in [7, 11) is -0.737. The van der Waals surface area contributed by atoms with Crippen molar-refractivity contribution < 1.29 is 24.0 Å². The van der Waals surface area contributed by atoms with E-state index in [4.69, 9.17) is 0 Å². The van der Waals surface area contributed by atoms with Crippen molar-refractivity contribution in [3.63, 3.8) is 0 Å². The lowest BCUT2D eigenvalue weighted by molar-refractivity contribution is -0.00000843. The summed E-state index contributed by atoms with van der Waals surface area (Å²) in [6.07, 6.45) is 48.2. The number of halogens is 1. The Labute approximate surface area is 262 Å². The highest BCUT2D eigenvalue weighted by atomic mass is 127. The molecule has 0 nitrogen and oxygen atoms in total. The SMILES string of the molecule is CCCCCCCCCCCC[P+](CCCCCCCC)(CCCCCCCC)CCCCCCCC.[I-]. The van der Waals surface area contributed by atoms with Crippen molar-refractivity contribution in [1.82, 2.24) is 0 Å². The van der Waals surface area contributed by atoms with Gasteiger partial charge in [0, 0.05) is 7.26 Å². The molecule has 0 saturated heterocycles. The van der Waals surface area contributed by atoms with Crippen LogP contribution in [0.1, 0.15) is 207 Å². The quantitative estimate of drug-likeness (QED) is 0.0381. The van der Waals surface area contributed by atoms with E-state index in [-0.39, 0.29) is 24.0 Å². The Hall–Kier alpha value is 1.16. The molecule has 0 amide bonds. The molecule has 0 radical (unpaired) electrons. The molecule has 0 aromatic rings. The van der Waals surface area contributed by atoms with Crippen molar-refractivity contribution >= 4 is 7.26 Å². The van der Waals surface area contributed by atoms with Gasteiger partial charge in [-0.2, -0.15) is 0 Å². The van der Waals surface area contributed by atoms with Gasteiger partial charge < -0.3 is 24.0 Å². The Morgan fingerprint density at radius 2 is 0.395 bits per heavy atom. The topological polar surface area (TPSA) is 0 Å². The Bertz CT molecular complexity index is 369. The summed E-state index contributed by atoms with van der Waals surface area (Å²) in [5, 5.41) is 0. The first kappa shape index (κ1) is 41.3. The molecule has 0 aromatic carbocycles. The van der Waals surface area contributed by atoms with E-state index in [1.807, 2.05) is 0 Å². The summed E-state index contributed by atoms with van der Waals surface area (Å²) in [5.41, 5.74) is 0. The van der Waals surface area contributed by atoms with Crippen molar-refractivity contribution in [2.24, 2.45) is 0 Å². The third kappa shape index (κ3) is 28.7. The molecular formula is C36H76IP. The molecule has 0 spiro atoms. The Kier molecular flexibility index (Phi) is 37.3. The van der Waals surface area contributed by atoms with Crippen LogP contribution in [0.25, 0.3) is 0 Å². The molecule has 0 saturated carbocycles. The summed E-state index contributed by atoms with van der Waals surface area (Å²) in [5.74, 6) is 0. The van der Waals surface area contributed by atoms with E-state index < -0.39 is 7.26 Å². The highest BCUT2D eigenvalue weighted by Gasteiger charge is 2.34. The maximum absolute atomic E-state index is 2.35. The van der Waals surface area contributed by atoms with Crippen LogP contribution in [0.15, 0.2) is 0 Å². The third-order valence-electron chi connectivity index (χ3n) is 8.94. The smallest absolute Gasteiger partial charge is 0.0594 e. The van der Waals surface area contributed by atoms with Gasteiger partial charge in [-0.3, -0.25) is 0 Å². The average Bonchev–Trinajstić information content (AvgIpc) is 2.91. The number of hydrogen-bond donors (Lipinski definition) is 0. The van der Waals surface area contributed by atoms with Gasteiger partial charge in [0.25, 0.3) is 0 Å². The summed E-state index contributed by atoms with van der Waals surface area (Å²) < 4.78 is 0. The largest absolute Gasteiger partial charge is 1.00 e. The van der Waals surface area contributed by atoms with Gasteiger partial charge in [-0.15, -0.1) is 0 Å². The van der Waals surface area contributed by atoms with Gasteiger partial charge in [0.2, 0.25) is 0 Å². The fraction of sp³-hybridized carbons (Fsp3) is 1.00. The molecule has 0 atom stereocenters. The molecule has 0 bridgehead atoms. The number of unbranched alkanes of at least 4 members (excludes halogenated alkanes) is 24. The van der Waals surface area contributed by atoms with Crippen LogP contribution in [-0.4, -0.2) is 24.6 Å². The molecule has 0 fully saturated rings. The predicted octanol–water partition coefficient (Wildman–Crippen LogP) is 11.0. The molecule has 0 unspecified atom stereocenters. The van der Waals surface area contributed by atoms with Crippen LogP contribution >= 0.6 is 7.26 Å². The summed E-state index contributed by atoms with van der Waals surface area (Å²) in [4.78, 5) is 0. The van der Waals surface area contributed by atoms with Crippen LogP contribution in [0, 0.1) is 0 Å². The predicted molar refractivity (Wildman–Crippen MR) is 178 cm³/mol. The van der Waals surface area contributed by atoms with E-state index in [0.29, 0.717) is 0 Å². The first-order chi connectivity index (χ1) is 18.2. The Balaban J connectivity index is 0. The monoisotopic (exact) mass is 666 g/mol. The molecule has 0 N–H and O–H groups in total. The van der Waals surface area contributed by atoms with Gasteiger partial charge in [-0.25, -0.2) is 0 Å². The summed E-state index contributed by atoms with van der Waals surface area (Å²) in [6, 6.07) is 0. The molecular weight excluding hydrogens is 590 g/mol. The first-order valence-corrected chi connectivity index (χ1v) is 20.6. The molecule has 2 heteroatoms. The summed E-state index contributed by atoms with van der Waals surface area (Å²) in [6.45, 7) is 9.38. The van der Waals surface area contributed by atoms with Gasteiger partial charge in [-0.1, -0.05) is 156 Å². The lowest BCUT2D eigenvalue weighted by Crippen LogP contribution is -3.00. The first-order valence-electron chi connectivity index (χ1n) is 18.1. The highest BCUT2D eigenvalue weighted by Crippen LogP contribution is 2.61. The lowest BCUT2D eigenvalue weighted by atomic mass is 10.1.